The van der Waals surface area contributed by atoms with Gasteiger partial charge in [0.1, 0.15) is 16.8 Å². The van der Waals surface area contributed by atoms with E-state index in [0.717, 1.165) is 23.5 Å². The van der Waals surface area contributed by atoms with Crippen molar-refractivity contribution in [3.8, 4) is 0 Å². The lowest BCUT2D eigenvalue weighted by Gasteiger charge is -2.21. The Morgan fingerprint density at radius 1 is 1.45 bits per heavy atom. The highest BCUT2D eigenvalue weighted by molar-refractivity contribution is 7.89. The zero-order valence-corrected chi connectivity index (χ0v) is 11.5. The van der Waals surface area contributed by atoms with Gasteiger partial charge in [0.05, 0.1) is 13.2 Å². The van der Waals surface area contributed by atoms with Crippen molar-refractivity contribution >= 4 is 16.0 Å². The van der Waals surface area contributed by atoms with Crippen LogP contribution in [0.15, 0.2) is 29.2 Å². The van der Waals surface area contributed by atoms with Gasteiger partial charge in [-0.05, 0) is 12.1 Å². The van der Waals surface area contributed by atoms with Gasteiger partial charge >= 0.3 is 5.97 Å². The summed E-state index contributed by atoms with van der Waals surface area (Å²) in [7, 11) is -3.08. The summed E-state index contributed by atoms with van der Waals surface area (Å²) in [5, 5.41) is 9.59. The van der Waals surface area contributed by atoms with Gasteiger partial charge in [0.25, 0.3) is 0 Å². The van der Waals surface area contributed by atoms with Crippen molar-refractivity contribution in [2.75, 3.05) is 13.7 Å². The molecule has 1 aliphatic rings. The van der Waals surface area contributed by atoms with Crippen LogP contribution in [0.3, 0.4) is 0 Å². The number of hydrogen-bond acceptors (Lipinski definition) is 5. The average Bonchev–Trinajstić information content (AvgIpc) is 2.81. The van der Waals surface area contributed by atoms with E-state index >= 15 is 0 Å². The smallest absolute Gasteiger partial charge is 0.324 e. The Hall–Kier alpha value is -1.51. The quantitative estimate of drug-likeness (QED) is 0.802. The molecule has 1 aromatic rings. The number of carbonyl (C=O) groups excluding carboxylic acids is 1. The molecule has 8 heteroatoms. The molecule has 1 heterocycles. The molecule has 0 bridgehead atoms. The number of hydrogen-bond donors (Lipinski definition) is 1. The number of rotatable bonds is 3. The van der Waals surface area contributed by atoms with Crippen LogP contribution < -0.4 is 0 Å². The van der Waals surface area contributed by atoms with Crippen LogP contribution in [0.1, 0.15) is 6.42 Å². The number of ether oxygens (including phenoxy) is 1. The van der Waals surface area contributed by atoms with Gasteiger partial charge in [0.2, 0.25) is 10.0 Å². The minimum atomic E-state index is -4.21. The molecule has 110 valence electrons. The van der Waals surface area contributed by atoms with E-state index in [-0.39, 0.29) is 13.0 Å². The molecule has 0 aromatic heterocycles. The molecule has 1 fully saturated rings. The lowest BCUT2D eigenvalue weighted by Crippen LogP contribution is -2.41. The molecule has 2 atom stereocenters. The SMILES string of the molecule is COC(=O)C1CC(O)CN1S(=O)(=O)c1ccccc1F. The molecule has 0 saturated carbocycles. The van der Waals surface area contributed by atoms with E-state index in [9.17, 15) is 22.7 Å². The third-order valence-electron chi connectivity index (χ3n) is 3.13. The molecule has 0 amide bonds. The number of esters is 1. The summed E-state index contributed by atoms with van der Waals surface area (Å²) in [6.07, 6.45) is -1.05. The highest BCUT2D eigenvalue weighted by Crippen LogP contribution is 2.28. The van der Waals surface area contributed by atoms with E-state index in [1.165, 1.54) is 12.1 Å². The lowest BCUT2D eigenvalue weighted by atomic mass is 10.2. The van der Waals surface area contributed by atoms with Crippen LogP contribution in [0.2, 0.25) is 0 Å². The maximum absolute atomic E-state index is 13.7. The Labute approximate surface area is 115 Å². The molecule has 0 aliphatic carbocycles. The summed E-state index contributed by atoms with van der Waals surface area (Å²) in [5.74, 6) is -1.68. The summed E-state index contributed by atoms with van der Waals surface area (Å²) in [4.78, 5) is 11.1. The van der Waals surface area contributed by atoms with Crippen molar-refractivity contribution in [2.45, 2.75) is 23.5 Å². The zero-order chi connectivity index (χ0) is 14.9. The van der Waals surface area contributed by atoms with E-state index in [1.807, 2.05) is 0 Å². The number of methoxy groups -OCH3 is 1. The Balaban J connectivity index is 2.43. The third-order valence-corrected chi connectivity index (χ3v) is 5.04. The Bertz CT molecular complexity index is 618. The van der Waals surface area contributed by atoms with Crippen LogP contribution in [0.4, 0.5) is 4.39 Å². The molecule has 1 aromatic carbocycles. The molecule has 1 N–H and O–H groups in total. The van der Waals surface area contributed by atoms with Crippen molar-refractivity contribution in [1.29, 1.82) is 0 Å². The number of aliphatic hydroxyl groups excluding tert-OH is 1. The molecule has 1 saturated heterocycles. The first-order valence-electron chi connectivity index (χ1n) is 5.90. The number of nitrogens with zero attached hydrogens (tertiary/aromatic N) is 1. The van der Waals surface area contributed by atoms with Gasteiger partial charge in [-0.3, -0.25) is 4.79 Å². The normalized spacial score (nSPS) is 23.8. The summed E-state index contributed by atoms with van der Waals surface area (Å²) in [6, 6.07) is 3.75. The minimum Gasteiger partial charge on any atom is -0.468 e. The van der Waals surface area contributed by atoms with Crippen molar-refractivity contribution in [3.05, 3.63) is 30.1 Å². The topological polar surface area (TPSA) is 83.9 Å². The number of carbonyl (C=O) groups is 1. The van der Waals surface area contributed by atoms with E-state index in [4.69, 9.17) is 0 Å². The molecule has 1 aliphatic heterocycles. The maximum Gasteiger partial charge on any atom is 0.324 e. The number of benzene rings is 1. The molecular formula is C12H14FNO5S. The second kappa shape index (κ2) is 5.47. The molecular weight excluding hydrogens is 289 g/mol. The molecule has 6 nitrogen and oxygen atoms in total. The molecule has 20 heavy (non-hydrogen) atoms. The molecule has 2 rings (SSSR count). The van der Waals surface area contributed by atoms with Crippen LogP contribution in [0.5, 0.6) is 0 Å². The van der Waals surface area contributed by atoms with Crippen LogP contribution >= 0.6 is 0 Å². The van der Waals surface area contributed by atoms with Gasteiger partial charge in [-0.1, -0.05) is 12.1 Å². The first kappa shape index (κ1) is 14.9. The second-order valence-corrected chi connectivity index (χ2v) is 6.29. The van der Waals surface area contributed by atoms with E-state index in [0.29, 0.717) is 0 Å². The average molecular weight is 303 g/mol. The number of β-amino-alcohol motifs (C(OH)–C–C–N with tert-alkyl or cyclic N) is 1. The van der Waals surface area contributed by atoms with Gasteiger partial charge < -0.3 is 9.84 Å². The van der Waals surface area contributed by atoms with E-state index in [1.54, 1.807) is 0 Å². The maximum atomic E-state index is 13.7. The first-order chi connectivity index (χ1) is 9.37. The van der Waals surface area contributed by atoms with Crippen LogP contribution in [0.25, 0.3) is 0 Å². The fourth-order valence-electron chi connectivity index (χ4n) is 2.18. The number of sulfonamides is 1. The van der Waals surface area contributed by atoms with Crippen molar-refractivity contribution in [3.63, 3.8) is 0 Å². The Morgan fingerprint density at radius 3 is 2.70 bits per heavy atom. The fourth-order valence-corrected chi connectivity index (χ4v) is 3.87. The summed E-state index contributed by atoms with van der Waals surface area (Å²) in [6.45, 7) is -0.267. The first-order valence-corrected chi connectivity index (χ1v) is 7.34. The van der Waals surface area contributed by atoms with Crippen LogP contribution in [-0.2, 0) is 19.6 Å². The highest BCUT2D eigenvalue weighted by atomic mass is 32.2. The van der Waals surface area contributed by atoms with Crippen LogP contribution in [0, 0.1) is 5.82 Å². The predicted octanol–water partition coefficient (Wildman–Crippen LogP) is 0.123. The zero-order valence-electron chi connectivity index (χ0n) is 10.7. The standard InChI is InChI=1S/C12H14FNO5S/c1-19-12(16)10-6-8(15)7-14(10)20(17,18)11-5-3-2-4-9(11)13/h2-5,8,10,15H,6-7H2,1H3. The third kappa shape index (κ3) is 2.54. The summed E-state index contributed by atoms with van der Waals surface area (Å²) < 4.78 is 43.8. The second-order valence-electron chi connectivity index (χ2n) is 4.43. The van der Waals surface area contributed by atoms with Crippen LogP contribution in [-0.4, -0.2) is 49.6 Å². The largest absolute Gasteiger partial charge is 0.468 e. The van der Waals surface area contributed by atoms with Gasteiger partial charge in [0.15, 0.2) is 0 Å². The van der Waals surface area contributed by atoms with E-state index < -0.39 is 38.9 Å². The van der Waals surface area contributed by atoms with E-state index in [2.05, 4.69) is 4.74 Å². The van der Waals surface area contributed by atoms with Crippen molar-refractivity contribution in [1.82, 2.24) is 4.31 Å². The van der Waals surface area contributed by atoms with Crippen molar-refractivity contribution in [2.24, 2.45) is 0 Å². The fraction of sp³-hybridized carbons (Fsp3) is 0.417. The van der Waals surface area contributed by atoms with Gasteiger partial charge in [-0.15, -0.1) is 0 Å². The van der Waals surface area contributed by atoms with Gasteiger partial charge in [0, 0.05) is 13.0 Å². The minimum absolute atomic E-state index is 0.0691. The number of halogens is 1. The summed E-state index contributed by atoms with van der Waals surface area (Å²) >= 11 is 0. The monoisotopic (exact) mass is 303 g/mol. The molecule has 0 radical (unpaired) electrons. The number of aliphatic hydroxyl groups is 1. The van der Waals surface area contributed by atoms with Gasteiger partial charge in [-0.2, -0.15) is 4.31 Å². The highest BCUT2D eigenvalue weighted by Gasteiger charge is 2.44. The van der Waals surface area contributed by atoms with Gasteiger partial charge in [-0.25, -0.2) is 12.8 Å². The molecule has 0 spiro atoms. The predicted molar refractivity (Wildman–Crippen MR) is 66.7 cm³/mol. The van der Waals surface area contributed by atoms with Crippen molar-refractivity contribution < 1.29 is 27.4 Å². The Kier molecular flexibility index (Phi) is 4.07. The Morgan fingerprint density at radius 2 is 2.10 bits per heavy atom. The lowest BCUT2D eigenvalue weighted by molar-refractivity contribution is -0.144. The molecule has 2 unspecified atom stereocenters. The summed E-state index contributed by atoms with van der Waals surface area (Å²) in [5.41, 5.74) is 0.